The van der Waals surface area contributed by atoms with Crippen LogP contribution in [0.2, 0.25) is 0 Å². The van der Waals surface area contributed by atoms with Gasteiger partial charge >= 0.3 is 12.1 Å². The van der Waals surface area contributed by atoms with Crippen LogP contribution in [0.3, 0.4) is 0 Å². The Morgan fingerprint density at radius 2 is 1.76 bits per heavy atom. The van der Waals surface area contributed by atoms with Gasteiger partial charge in [0.15, 0.2) is 11.5 Å². The summed E-state index contributed by atoms with van der Waals surface area (Å²) in [6.07, 6.45) is -3.44. The molecule has 1 amide bonds. The zero-order chi connectivity index (χ0) is 17.8. The number of hydrogen-bond acceptors (Lipinski definition) is 4. The highest BCUT2D eigenvalue weighted by Crippen LogP contribution is 2.48. The second-order valence-electron chi connectivity index (χ2n) is 6.84. The molecule has 0 N–H and O–H groups in total. The number of benzene rings is 1. The lowest BCUT2D eigenvalue weighted by molar-refractivity contribution is -0.187. The molecule has 25 heavy (non-hydrogen) atoms. The third-order valence-corrected chi connectivity index (χ3v) is 5.32. The first kappa shape index (κ1) is 16.2. The van der Waals surface area contributed by atoms with E-state index in [2.05, 4.69) is 0 Å². The number of halogens is 3. The zero-order valence-corrected chi connectivity index (χ0v) is 13.3. The van der Waals surface area contributed by atoms with Crippen molar-refractivity contribution >= 4 is 11.7 Å². The monoisotopic (exact) mass is 355 g/mol. The number of nitrogens with zero attached hydrogens (tertiary/aromatic N) is 1. The molecule has 8 heteroatoms. The van der Waals surface area contributed by atoms with Gasteiger partial charge in [-0.2, -0.15) is 13.2 Å². The maximum Gasteiger partial charge on any atom is 0.471 e. The van der Waals surface area contributed by atoms with E-state index in [1.807, 2.05) is 6.07 Å². The molecule has 134 valence electrons. The molecule has 0 atom stereocenters. The second kappa shape index (κ2) is 5.37. The van der Waals surface area contributed by atoms with Crippen molar-refractivity contribution in [2.24, 2.45) is 0 Å². The highest BCUT2D eigenvalue weighted by atomic mass is 19.4. The molecular weight excluding hydrogens is 339 g/mol. The topological polar surface area (TPSA) is 55.8 Å². The lowest BCUT2D eigenvalue weighted by atomic mass is 9.65. The lowest BCUT2D eigenvalue weighted by Crippen LogP contribution is -2.52. The van der Waals surface area contributed by atoms with Crippen LogP contribution in [0.15, 0.2) is 12.1 Å². The molecule has 0 saturated heterocycles. The van der Waals surface area contributed by atoms with Crippen LogP contribution >= 0.6 is 0 Å². The maximum absolute atomic E-state index is 13.0. The van der Waals surface area contributed by atoms with Crippen LogP contribution in [0, 0.1) is 0 Å². The van der Waals surface area contributed by atoms with Gasteiger partial charge in [-0.05, 0) is 36.1 Å². The summed E-state index contributed by atoms with van der Waals surface area (Å²) in [6, 6.07) is 3.47. The van der Waals surface area contributed by atoms with Crippen molar-refractivity contribution < 1.29 is 32.2 Å². The fourth-order valence-electron chi connectivity index (χ4n) is 4.08. The van der Waals surface area contributed by atoms with Gasteiger partial charge in [-0.3, -0.25) is 9.59 Å². The summed E-state index contributed by atoms with van der Waals surface area (Å²) in [7, 11) is 0. The van der Waals surface area contributed by atoms with Gasteiger partial charge in [-0.1, -0.05) is 0 Å². The Kier molecular flexibility index (Phi) is 3.49. The zero-order valence-electron chi connectivity index (χ0n) is 13.3. The van der Waals surface area contributed by atoms with Crippen molar-refractivity contribution in [1.82, 2.24) is 4.90 Å². The molecule has 1 aromatic carbocycles. The third-order valence-electron chi connectivity index (χ3n) is 5.32. The van der Waals surface area contributed by atoms with Gasteiger partial charge in [0.1, 0.15) is 5.78 Å². The first-order valence-corrected chi connectivity index (χ1v) is 8.09. The standard InChI is InChI=1S/C17H16F3NO4/c18-17(19,20)15(23)21-7-10-5-13-14(25-9-24-13)6-12(10)16(8-21)3-1-11(22)2-4-16/h5-6H,1-4,7-9H2. The summed E-state index contributed by atoms with van der Waals surface area (Å²) >= 11 is 0. The molecule has 1 saturated carbocycles. The Morgan fingerprint density at radius 3 is 2.40 bits per heavy atom. The number of rotatable bonds is 0. The third kappa shape index (κ3) is 2.63. The van der Waals surface area contributed by atoms with E-state index in [0.29, 0.717) is 42.7 Å². The van der Waals surface area contributed by atoms with Crippen molar-refractivity contribution in [2.75, 3.05) is 13.3 Å². The van der Waals surface area contributed by atoms with Crippen LogP contribution < -0.4 is 9.47 Å². The molecule has 1 aromatic rings. The van der Waals surface area contributed by atoms with Crippen molar-refractivity contribution in [1.29, 1.82) is 0 Å². The fraction of sp³-hybridized carbons (Fsp3) is 0.529. The van der Waals surface area contributed by atoms with Crippen molar-refractivity contribution in [3.63, 3.8) is 0 Å². The minimum Gasteiger partial charge on any atom is -0.454 e. The minimum atomic E-state index is -4.92. The number of ether oxygens (including phenoxy) is 2. The summed E-state index contributed by atoms with van der Waals surface area (Å²) in [6.45, 7) is -0.0970. The van der Waals surface area contributed by atoms with Crippen LogP contribution in [0.4, 0.5) is 13.2 Å². The normalized spacial score (nSPS) is 21.4. The van der Waals surface area contributed by atoms with E-state index in [-0.39, 0.29) is 25.7 Å². The fourth-order valence-corrected chi connectivity index (χ4v) is 4.08. The Hall–Kier alpha value is -2.25. The van der Waals surface area contributed by atoms with Crippen molar-refractivity contribution in [2.45, 2.75) is 43.8 Å². The number of ketones is 1. The van der Waals surface area contributed by atoms with Gasteiger partial charge in [-0.25, -0.2) is 0 Å². The van der Waals surface area contributed by atoms with Crippen LogP contribution in [-0.2, 0) is 21.5 Å². The molecule has 1 fully saturated rings. The van der Waals surface area contributed by atoms with E-state index in [1.54, 1.807) is 6.07 Å². The molecule has 0 aromatic heterocycles. The van der Waals surface area contributed by atoms with Gasteiger partial charge in [0.25, 0.3) is 0 Å². The van der Waals surface area contributed by atoms with E-state index in [0.717, 1.165) is 10.5 Å². The SMILES string of the molecule is O=C1CCC2(CC1)CN(C(=O)C(F)(F)F)Cc1cc3c(cc12)OCO3. The highest BCUT2D eigenvalue weighted by Gasteiger charge is 2.49. The van der Waals surface area contributed by atoms with E-state index in [4.69, 9.17) is 9.47 Å². The van der Waals surface area contributed by atoms with E-state index >= 15 is 0 Å². The Balaban J connectivity index is 1.78. The van der Waals surface area contributed by atoms with Gasteiger partial charge in [-0.15, -0.1) is 0 Å². The number of carbonyl (C=O) groups excluding carboxylic acids is 2. The number of fused-ring (bicyclic) bond motifs is 3. The second-order valence-corrected chi connectivity index (χ2v) is 6.84. The molecule has 3 aliphatic rings. The molecule has 2 aliphatic heterocycles. The first-order chi connectivity index (χ1) is 11.8. The molecule has 4 rings (SSSR count). The summed E-state index contributed by atoms with van der Waals surface area (Å²) in [5.74, 6) is -0.702. The van der Waals surface area contributed by atoms with Gasteiger partial charge in [0.2, 0.25) is 6.79 Å². The molecule has 1 aliphatic carbocycles. The van der Waals surface area contributed by atoms with Crippen molar-refractivity contribution in [3.8, 4) is 11.5 Å². The average Bonchev–Trinajstić information content (AvgIpc) is 3.01. The highest BCUT2D eigenvalue weighted by molar-refractivity contribution is 5.83. The van der Waals surface area contributed by atoms with Crippen LogP contribution in [0.5, 0.6) is 11.5 Å². The summed E-state index contributed by atoms with van der Waals surface area (Å²) < 4.78 is 49.6. The predicted molar refractivity (Wildman–Crippen MR) is 79.2 cm³/mol. The van der Waals surface area contributed by atoms with Gasteiger partial charge < -0.3 is 14.4 Å². The Labute approximate surface area is 141 Å². The van der Waals surface area contributed by atoms with Crippen molar-refractivity contribution in [3.05, 3.63) is 23.3 Å². The van der Waals surface area contributed by atoms with E-state index < -0.39 is 17.5 Å². The minimum absolute atomic E-state index is 0.0364. The number of Topliss-reactive ketones (excluding diaryl/α,β-unsaturated/α-hetero) is 1. The summed E-state index contributed by atoms with van der Waals surface area (Å²) in [5.41, 5.74) is 0.849. The molecule has 5 nitrogen and oxygen atoms in total. The molecule has 1 spiro atoms. The average molecular weight is 355 g/mol. The van der Waals surface area contributed by atoms with Crippen LogP contribution in [0.1, 0.15) is 36.8 Å². The molecule has 0 unspecified atom stereocenters. The van der Waals surface area contributed by atoms with Gasteiger partial charge in [0.05, 0.1) is 0 Å². The molecule has 2 heterocycles. The number of carbonyl (C=O) groups is 2. The lowest BCUT2D eigenvalue weighted by Gasteiger charge is -2.46. The number of alkyl halides is 3. The molecule has 0 bridgehead atoms. The quantitative estimate of drug-likeness (QED) is 0.718. The Morgan fingerprint density at radius 1 is 1.12 bits per heavy atom. The number of hydrogen-bond donors (Lipinski definition) is 0. The molecular formula is C17H16F3NO4. The summed E-state index contributed by atoms with van der Waals surface area (Å²) in [5, 5.41) is 0. The Bertz CT molecular complexity index is 749. The largest absolute Gasteiger partial charge is 0.471 e. The first-order valence-electron chi connectivity index (χ1n) is 8.09. The molecule has 0 radical (unpaired) electrons. The smallest absolute Gasteiger partial charge is 0.454 e. The van der Waals surface area contributed by atoms with Gasteiger partial charge in [0, 0.05) is 31.3 Å². The van der Waals surface area contributed by atoms with Crippen LogP contribution in [-0.4, -0.2) is 36.1 Å². The van der Waals surface area contributed by atoms with Crippen LogP contribution in [0.25, 0.3) is 0 Å². The predicted octanol–water partition coefficient (Wildman–Crippen LogP) is 2.70. The summed E-state index contributed by atoms with van der Waals surface area (Å²) in [4.78, 5) is 24.3. The maximum atomic E-state index is 13.0. The number of amides is 1. The van der Waals surface area contributed by atoms with E-state index in [9.17, 15) is 22.8 Å². The van der Waals surface area contributed by atoms with E-state index in [1.165, 1.54) is 0 Å².